The molecule has 5 heteroatoms. The fraction of sp³-hybridized carbons (Fsp3) is 0.333. The zero-order chi connectivity index (χ0) is 14.7. The van der Waals surface area contributed by atoms with Crippen LogP contribution in [0.15, 0.2) is 22.7 Å². The number of rotatable bonds is 4. The number of benzene rings is 1. The molecule has 2 aromatic rings. The van der Waals surface area contributed by atoms with Gasteiger partial charge in [0.05, 0.1) is 5.02 Å². The average molecular weight is 355 g/mol. The van der Waals surface area contributed by atoms with Crippen LogP contribution in [-0.2, 0) is 6.42 Å². The van der Waals surface area contributed by atoms with Crippen LogP contribution in [0.1, 0.15) is 25.1 Å². The Hall–Kier alpha value is -1.13. The van der Waals surface area contributed by atoms with E-state index in [-0.39, 0.29) is 0 Å². The molecule has 0 spiro atoms. The predicted octanol–water partition coefficient (Wildman–Crippen LogP) is 4.86. The van der Waals surface area contributed by atoms with Gasteiger partial charge in [0.2, 0.25) is 0 Å². The molecule has 0 aliphatic heterocycles. The van der Waals surface area contributed by atoms with Gasteiger partial charge in [0.1, 0.15) is 5.82 Å². The van der Waals surface area contributed by atoms with Crippen molar-refractivity contribution in [2.45, 2.75) is 27.2 Å². The van der Waals surface area contributed by atoms with Crippen molar-refractivity contribution < 1.29 is 0 Å². The molecule has 0 saturated carbocycles. The van der Waals surface area contributed by atoms with E-state index in [1.54, 1.807) is 0 Å². The van der Waals surface area contributed by atoms with E-state index >= 15 is 0 Å². The van der Waals surface area contributed by atoms with Crippen LogP contribution in [0.4, 0.5) is 5.82 Å². The lowest BCUT2D eigenvalue weighted by Gasteiger charge is -2.13. The second kappa shape index (κ2) is 6.55. The largest absolute Gasteiger partial charge is 0.370 e. The molecule has 2 rings (SSSR count). The van der Waals surface area contributed by atoms with E-state index in [9.17, 15) is 0 Å². The van der Waals surface area contributed by atoms with E-state index < -0.39 is 0 Å². The Balaban J connectivity index is 2.60. The van der Waals surface area contributed by atoms with Gasteiger partial charge in [0.25, 0.3) is 0 Å². The molecule has 3 nitrogen and oxygen atoms in total. The molecular weight excluding hydrogens is 338 g/mol. The Labute approximate surface area is 132 Å². The summed E-state index contributed by atoms with van der Waals surface area (Å²) in [6.45, 7) is 7.01. The summed E-state index contributed by atoms with van der Waals surface area (Å²) in [4.78, 5) is 9.24. The monoisotopic (exact) mass is 353 g/mol. The fourth-order valence-corrected chi connectivity index (χ4v) is 2.69. The molecule has 1 N–H and O–H groups in total. The van der Waals surface area contributed by atoms with E-state index in [2.05, 4.69) is 45.1 Å². The summed E-state index contributed by atoms with van der Waals surface area (Å²) in [5.41, 5.74) is 2.98. The highest BCUT2D eigenvalue weighted by Crippen LogP contribution is 2.30. The summed E-state index contributed by atoms with van der Waals surface area (Å²) < 4.78 is 0.961. The van der Waals surface area contributed by atoms with E-state index in [0.29, 0.717) is 10.8 Å². The first-order chi connectivity index (χ1) is 9.56. The number of aryl methyl sites for hydroxylation is 1. The third-order valence-corrected chi connectivity index (χ3v) is 3.90. The lowest BCUT2D eigenvalue weighted by molar-refractivity contribution is 0.989. The zero-order valence-corrected chi connectivity index (χ0v) is 14.1. The van der Waals surface area contributed by atoms with Gasteiger partial charge in [-0.1, -0.05) is 34.5 Å². The summed E-state index contributed by atoms with van der Waals surface area (Å²) in [7, 11) is 0. The molecule has 0 bridgehead atoms. The number of anilines is 1. The van der Waals surface area contributed by atoms with Gasteiger partial charge in [-0.05, 0) is 38.5 Å². The number of hydrogen-bond donors (Lipinski definition) is 1. The van der Waals surface area contributed by atoms with Gasteiger partial charge in [-0.25, -0.2) is 9.97 Å². The van der Waals surface area contributed by atoms with Crippen molar-refractivity contribution in [2.24, 2.45) is 0 Å². The van der Waals surface area contributed by atoms with Gasteiger partial charge in [0.15, 0.2) is 5.82 Å². The van der Waals surface area contributed by atoms with Crippen LogP contribution >= 0.6 is 27.5 Å². The van der Waals surface area contributed by atoms with E-state index in [4.69, 9.17) is 11.6 Å². The number of hydrogen-bond acceptors (Lipinski definition) is 3. The average Bonchev–Trinajstić information content (AvgIpc) is 2.41. The highest BCUT2D eigenvalue weighted by molar-refractivity contribution is 9.10. The Morgan fingerprint density at radius 2 is 2.00 bits per heavy atom. The summed E-state index contributed by atoms with van der Waals surface area (Å²) in [6, 6.07) is 5.70. The summed E-state index contributed by atoms with van der Waals surface area (Å²) >= 11 is 9.72. The molecule has 0 atom stereocenters. The summed E-state index contributed by atoms with van der Waals surface area (Å²) in [6.07, 6.45) is 0.903. The molecule has 0 unspecified atom stereocenters. The van der Waals surface area contributed by atoms with E-state index in [1.807, 2.05) is 25.1 Å². The van der Waals surface area contributed by atoms with Gasteiger partial charge in [0, 0.05) is 27.8 Å². The Morgan fingerprint density at radius 1 is 1.25 bits per heavy atom. The summed E-state index contributed by atoms with van der Waals surface area (Å²) in [5, 5.41) is 3.96. The van der Waals surface area contributed by atoms with Gasteiger partial charge in [-0.2, -0.15) is 0 Å². The molecular formula is C15H17BrClN3. The van der Waals surface area contributed by atoms with Crippen molar-refractivity contribution in [1.82, 2.24) is 9.97 Å². The van der Waals surface area contributed by atoms with Crippen molar-refractivity contribution in [1.29, 1.82) is 0 Å². The minimum Gasteiger partial charge on any atom is -0.370 e. The Morgan fingerprint density at radius 3 is 2.65 bits per heavy atom. The van der Waals surface area contributed by atoms with Crippen LogP contribution in [0.3, 0.4) is 0 Å². The topological polar surface area (TPSA) is 37.8 Å². The lowest BCUT2D eigenvalue weighted by atomic mass is 10.1. The van der Waals surface area contributed by atoms with Crippen LogP contribution in [0.5, 0.6) is 0 Å². The predicted molar refractivity (Wildman–Crippen MR) is 88.5 cm³/mol. The number of nitrogens with one attached hydrogen (secondary N) is 1. The maximum atomic E-state index is 6.26. The molecule has 0 amide bonds. The third kappa shape index (κ3) is 3.13. The SMILES string of the molecule is CCNc1nc(-c2cc(Br)ccc2Cl)nc(C)c1CC. The molecule has 1 aromatic carbocycles. The first-order valence-electron chi connectivity index (χ1n) is 6.63. The normalized spacial score (nSPS) is 10.7. The molecule has 0 fully saturated rings. The van der Waals surface area contributed by atoms with Crippen LogP contribution in [0.25, 0.3) is 11.4 Å². The van der Waals surface area contributed by atoms with E-state index in [0.717, 1.165) is 40.1 Å². The Bertz CT molecular complexity index is 629. The number of nitrogens with zero attached hydrogens (tertiary/aromatic N) is 2. The van der Waals surface area contributed by atoms with Crippen molar-refractivity contribution in [2.75, 3.05) is 11.9 Å². The minimum absolute atomic E-state index is 0.652. The fourth-order valence-electron chi connectivity index (χ4n) is 2.12. The molecule has 1 heterocycles. The highest BCUT2D eigenvalue weighted by atomic mass is 79.9. The van der Waals surface area contributed by atoms with Crippen LogP contribution in [-0.4, -0.2) is 16.5 Å². The maximum absolute atomic E-state index is 6.26. The van der Waals surface area contributed by atoms with Gasteiger partial charge in [-0.15, -0.1) is 0 Å². The van der Waals surface area contributed by atoms with Gasteiger partial charge < -0.3 is 5.32 Å². The van der Waals surface area contributed by atoms with Gasteiger partial charge in [-0.3, -0.25) is 0 Å². The van der Waals surface area contributed by atoms with Crippen LogP contribution in [0.2, 0.25) is 5.02 Å². The molecule has 0 saturated heterocycles. The van der Waals surface area contributed by atoms with Crippen molar-refractivity contribution >= 4 is 33.3 Å². The van der Waals surface area contributed by atoms with Crippen LogP contribution in [0, 0.1) is 6.92 Å². The zero-order valence-electron chi connectivity index (χ0n) is 11.8. The van der Waals surface area contributed by atoms with Crippen molar-refractivity contribution in [3.8, 4) is 11.4 Å². The first kappa shape index (κ1) is 15.3. The maximum Gasteiger partial charge on any atom is 0.163 e. The second-order valence-electron chi connectivity index (χ2n) is 4.47. The molecule has 20 heavy (non-hydrogen) atoms. The summed E-state index contributed by atoms with van der Waals surface area (Å²) in [5.74, 6) is 1.55. The standard InChI is InChI=1S/C15H17BrClN3/c1-4-11-9(3)19-15(20-14(11)18-5-2)12-8-10(16)6-7-13(12)17/h6-8H,4-5H2,1-3H3,(H,18,19,20). The smallest absolute Gasteiger partial charge is 0.163 e. The molecule has 0 aliphatic carbocycles. The molecule has 0 aliphatic rings. The molecule has 106 valence electrons. The molecule has 1 aromatic heterocycles. The quantitative estimate of drug-likeness (QED) is 0.852. The molecule has 0 radical (unpaired) electrons. The van der Waals surface area contributed by atoms with Crippen molar-refractivity contribution in [3.63, 3.8) is 0 Å². The number of halogens is 2. The van der Waals surface area contributed by atoms with Crippen molar-refractivity contribution in [3.05, 3.63) is 39.0 Å². The third-order valence-electron chi connectivity index (χ3n) is 3.08. The lowest BCUT2D eigenvalue weighted by Crippen LogP contribution is -2.08. The minimum atomic E-state index is 0.652. The second-order valence-corrected chi connectivity index (χ2v) is 5.79. The Kier molecular flexibility index (Phi) is 5.00. The highest BCUT2D eigenvalue weighted by Gasteiger charge is 2.13. The van der Waals surface area contributed by atoms with Crippen LogP contribution < -0.4 is 5.32 Å². The number of aromatic nitrogens is 2. The van der Waals surface area contributed by atoms with Gasteiger partial charge >= 0.3 is 0 Å². The van der Waals surface area contributed by atoms with E-state index in [1.165, 1.54) is 0 Å². The first-order valence-corrected chi connectivity index (χ1v) is 7.80.